The first-order valence-electron chi connectivity index (χ1n) is 4.06. The van der Waals surface area contributed by atoms with Gasteiger partial charge >= 0.3 is 5.24 Å². The zero-order valence-corrected chi connectivity index (χ0v) is 8.06. The normalized spacial score (nSPS) is 11.1. The molecule has 0 aromatic heterocycles. The van der Waals surface area contributed by atoms with Crippen LogP contribution in [0.4, 0.5) is 4.79 Å². The molecule has 2 nitrogen and oxygen atoms in total. The standard InChI is InChI=1S/C9H14NOS/c1-2-3-4-5-6-7-8-10-9(11)12/h5-8H,2-4H2,1H3,(H,10,11)/b6-5+,8-7+. The van der Waals surface area contributed by atoms with Crippen LogP contribution in [0.5, 0.6) is 0 Å². The molecule has 0 fully saturated rings. The maximum absolute atomic E-state index is 10.2. The van der Waals surface area contributed by atoms with E-state index < -0.39 is 5.24 Å². The summed E-state index contributed by atoms with van der Waals surface area (Å²) < 4.78 is 0. The lowest BCUT2D eigenvalue weighted by atomic mass is 10.2. The molecule has 0 unspecified atom stereocenters. The zero-order valence-electron chi connectivity index (χ0n) is 7.25. The number of allylic oxidation sites excluding steroid dienone is 3. The van der Waals surface area contributed by atoms with Crippen LogP contribution in [0, 0.1) is 0 Å². The first-order chi connectivity index (χ1) is 5.77. The Morgan fingerprint density at radius 2 is 2.25 bits per heavy atom. The van der Waals surface area contributed by atoms with Crippen LogP contribution in [0.2, 0.25) is 0 Å². The van der Waals surface area contributed by atoms with Crippen molar-refractivity contribution in [3.63, 3.8) is 0 Å². The van der Waals surface area contributed by atoms with Crippen LogP contribution < -0.4 is 5.32 Å². The maximum atomic E-state index is 10.2. The van der Waals surface area contributed by atoms with Crippen molar-refractivity contribution in [2.24, 2.45) is 0 Å². The van der Waals surface area contributed by atoms with Crippen molar-refractivity contribution in [3.05, 3.63) is 24.4 Å². The van der Waals surface area contributed by atoms with Crippen molar-refractivity contribution >= 4 is 17.9 Å². The van der Waals surface area contributed by atoms with Gasteiger partial charge in [0.2, 0.25) is 0 Å². The van der Waals surface area contributed by atoms with Crippen LogP contribution in [0.3, 0.4) is 0 Å². The molecule has 3 heteroatoms. The maximum Gasteiger partial charge on any atom is 0.314 e. The molecule has 0 saturated heterocycles. The Kier molecular flexibility index (Phi) is 7.70. The fourth-order valence-corrected chi connectivity index (χ4v) is 0.737. The van der Waals surface area contributed by atoms with Crippen LogP contribution >= 0.6 is 12.6 Å². The summed E-state index contributed by atoms with van der Waals surface area (Å²) in [5.41, 5.74) is 0. The van der Waals surface area contributed by atoms with Crippen molar-refractivity contribution < 1.29 is 4.79 Å². The van der Waals surface area contributed by atoms with Gasteiger partial charge in [-0.2, -0.15) is 0 Å². The molecule has 0 atom stereocenters. The first-order valence-corrected chi connectivity index (χ1v) is 4.47. The molecule has 0 aromatic carbocycles. The highest BCUT2D eigenvalue weighted by atomic mass is 32.1. The van der Waals surface area contributed by atoms with E-state index in [1.54, 1.807) is 6.08 Å². The summed E-state index contributed by atoms with van der Waals surface area (Å²) in [5, 5.41) is 1.93. The minimum absolute atomic E-state index is 0.451. The van der Waals surface area contributed by atoms with Gasteiger partial charge in [0, 0.05) is 6.20 Å². The Hall–Kier alpha value is -0.830. The van der Waals surface area contributed by atoms with E-state index >= 15 is 0 Å². The number of carbonyl (C=O) groups is 1. The number of rotatable bonds is 5. The fourth-order valence-electron chi connectivity index (χ4n) is 0.668. The monoisotopic (exact) mass is 184 g/mol. The zero-order chi connectivity index (χ0) is 9.23. The van der Waals surface area contributed by atoms with Gasteiger partial charge in [-0.3, -0.25) is 4.79 Å². The van der Waals surface area contributed by atoms with Gasteiger partial charge in [-0.05, 0) is 25.1 Å². The molecular weight excluding hydrogens is 170 g/mol. The third-order valence-corrected chi connectivity index (χ3v) is 1.39. The molecule has 1 radical (unpaired) electrons. The molecule has 0 aliphatic carbocycles. The van der Waals surface area contributed by atoms with Crippen LogP contribution in [0.15, 0.2) is 24.4 Å². The van der Waals surface area contributed by atoms with Gasteiger partial charge in [0.15, 0.2) is 0 Å². The number of hydrogen-bond donors (Lipinski definition) is 1. The number of hydrogen-bond acceptors (Lipinski definition) is 1. The third kappa shape index (κ3) is 9.17. The minimum atomic E-state index is -0.451. The molecule has 0 aromatic rings. The molecule has 0 aliphatic rings. The predicted octanol–water partition coefficient (Wildman–Crippen LogP) is 3.15. The average molecular weight is 184 g/mol. The molecule has 12 heavy (non-hydrogen) atoms. The minimum Gasteiger partial charge on any atom is -0.320 e. The number of carbonyl (C=O) groups excluding carboxylic acids is 1. The van der Waals surface area contributed by atoms with Crippen LogP contribution in [-0.2, 0) is 0 Å². The summed E-state index contributed by atoms with van der Waals surface area (Å²) in [6.07, 6.45) is 10.8. The molecule has 0 heterocycles. The van der Waals surface area contributed by atoms with Gasteiger partial charge in [-0.25, -0.2) is 0 Å². The summed E-state index contributed by atoms with van der Waals surface area (Å²) in [6, 6.07) is 0. The molecular formula is C9H14NOS. The molecule has 1 amide bonds. The molecule has 0 saturated carbocycles. The number of nitrogens with one attached hydrogen (secondary N) is 1. The van der Waals surface area contributed by atoms with Crippen LogP contribution in [0.1, 0.15) is 26.2 Å². The number of unbranched alkanes of at least 4 members (excludes halogenated alkanes) is 2. The van der Waals surface area contributed by atoms with E-state index in [2.05, 4.69) is 30.9 Å². The fraction of sp³-hybridized carbons (Fsp3) is 0.444. The highest BCUT2D eigenvalue weighted by Gasteiger charge is 1.82. The summed E-state index contributed by atoms with van der Waals surface area (Å²) in [4.78, 5) is 10.2. The molecule has 0 aliphatic heterocycles. The predicted molar refractivity (Wildman–Crippen MR) is 53.9 cm³/mol. The molecule has 67 valence electrons. The van der Waals surface area contributed by atoms with E-state index in [4.69, 9.17) is 0 Å². The summed E-state index contributed by atoms with van der Waals surface area (Å²) in [5.74, 6) is 0. The van der Waals surface area contributed by atoms with Crippen molar-refractivity contribution in [3.8, 4) is 0 Å². The van der Waals surface area contributed by atoms with E-state index in [9.17, 15) is 4.79 Å². The molecule has 0 rings (SSSR count). The van der Waals surface area contributed by atoms with Gasteiger partial charge in [-0.15, -0.1) is 0 Å². The Morgan fingerprint density at radius 3 is 2.83 bits per heavy atom. The lowest BCUT2D eigenvalue weighted by Crippen LogP contribution is -2.06. The van der Waals surface area contributed by atoms with Gasteiger partial charge < -0.3 is 5.32 Å². The average Bonchev–Trinajstić information content (AvgIpc) is 2.02. The Balaban J connectivity index is 3.33. The SMILES string of the molecule is CCCC/C=C/C=C/NC(=O)[S]. The van der Waals surface area contributed by atoms with E-state index in [1.807, 2.05) is 6.08 Å². The van der Waals surface area contributed by atoms with Gasteiger partial charge in [0.05, 0.1) is 0 Å². The van der Waals surface area contributed by atoms with Crippen LogP contribution in [-0.4, -0.2) is 5.24 Å². The molecule has 0 spiro atoms. The van der Waals surface area contributed by atoms with Gasteiger partial charge in [0.1, 0.15) is 0 Å². The molecule has 1 N–H and O–H groups in total. The number of amides is 1. The quantitative estimate of drug-likeness (QED) is 0.516. The van der Waals surface area contributed by atoms with Crippen LogP contribution in [0.25, 0.3) is 0 Å². The Bertz CT molecular complexity index is 175. The second-order valence-electron chi connectivity index (χ2n) is 2.36. The smallest absolute Gasteiger partial charge is 0.314 e. The second-order valence-corrected chi connectivity index (χ2v) is 2.73. The van der Waals surface area contributed by atoms with E-state index in [0.717, 1.165) is 6.42 Å². The Labute approximate surface area is 79.1 Å². The summed E-state index contributed by atoms with van der Waals surface area (Å²) >= 11 is 4.27. The summed E-state index contributed by atoms with van der Waals surface area (Å²) in [6.45, 7) is 2.15. The Morgan fingerprint density at radius 1 is 1.50 bits per heavy atom. The van der Waals surface area contributed by atoms with Gasteiger partial charge in [0.25, 0.3) is 0 Å². The van der Waals surface area contributed by atoms with E-state index in [1.165, 1.54) is 19.0 Å². The lowest BCUT2D eigenvalue weighted by Gasteiger charge is -1.87. The topological polar surface area (TPSA) is 29.1 Å². The van der Waals surface area contributed by atoms with Gasteiger partial charge in [-0.1, -0.05) is 31.9 Å². The van der Waals surface area contributed by atoms with E-state index in [-0.39, 0.29) is 0 Å². The third-order valence-electron chi connectivity index (χ3n) is 1.27. The van der Waals surface area contributed by atoms with Crippen molar-refractivity contribution in [2.75, 3.05) is 0 Å². The van der Waals surface area contributed by atoms with E-state index in [0.29, 0.717) is 0 Å². The first kappa shape index (κ1) is 11.2. The van der Waals surface area contributed by atoms with Crippen molar-refractivity contribution in [1.82, 2.24) is 5.32 Å². The highest BCUT2D eigenvalue weighted by Crippen LogP contribution is 1.94. The largest absolute Gasteiger partial charge is 0.320 e. The van der Waals surface area contributed by atoms with Crippen molar-refractivity contribution in [2.45, 2.75) is 26.2 Å². The van der Waals surface area contributed by atoms with Crippen molar-refractivity contribution in [1.29, 1.82) is 0 Å². The molecule has 0 bridgehead atoms. The highest BCUT2D eigenvalue weighted by molar-refractivity contribution is 7.96. The second kappa shape index (κ2) is 8.27. The lowest BCUT2D eigenvalue weighted by molar-refractivity contribution is 0.263. The summed E-state index contributed by atoms with van der Waals surface area (Å²) in [7, 11) is 0.